The minimum Gasteiger partial charge on any atom is -0.324 e. The van der Waals surface area contributed by atoms with E-state index in [0.717, 1.165) is 17.6 Å². The van der Waals surface area contributed by atoms with Gasteiger partial charge in [0.25, 0.3) is 0 Å². The van der Waals surface area contributed by atoms with E-state index in [-0.39, 0.29) is 30.9 Å². The maximum Gasteiger partial charge on any atom is 0.0709 e. The van der Waals surface area contributed by atoms with Gasteiger partial charge in [-0.15, -0.1) is 24.8 Å². The number of benzene rings is 1. The van der Waals surface area contributed by atoms with Gasteiger partial charge in [0.05, 0.1) is 11.2 Å². The van der Waals surface area contributed by atoms with Crippen LogP contribution in [-0.2, 0) is 0 Å². The Bertz CT molecular complexity index is 553. The van der Waals surface area contributed by atoms with E-state index in [1.54, 1.807) is 0 Å². The lowest BCUT2D eigenvalue weighted by molar-refractivity contribution is 0.547. The van der Waals surface area contributed by atoms with E-state index in [1.807, 2.05) is 36.4 Å². The third kappa shape index (κ3) is 5.49. The molecule has 1 aromatic carbocycles. The first kappa shape index (κ1) is 18.9. The van der Waals surface area contributed by atoms with E-state index < -0.39 is 0 Å². The molecular formula is C16H22Cl2N2. The minimum absolute atomic E-state index is 0. The molecular weight excluding hydrogens is 291 g/mol. The predicted octanol–water partition coefficient (Wildman–Crippen LogP) is 4.47. The Balaban J connectivity index is 0.00000180. The van der Waals surface area contributed by atoms with E-state index in [2.05, 4.69) is 31.0 Å². The summed E-state index contributed by atoms with van der Waals surface area (Å²) in [6, 6.07) is 12.4. The SMILES string of the molecule is CC(C)C[C@H](N)/C=C/c1ccc2ccccc2n1.Cl.Cl. The Hall–Kier alpha value is -1.09. The Labute approximate surface area is 133 Å². The molecule has 110 valence electrons. The Morgan fingerprint density at radius 1 is 1.10 bits per heavy atom. The summed E-state index contributed by atoms with van der Waals surface area (Å²) in [5, 5.41) is 1.17. The first-order valence-electron chi connectivity index (χ1n) is 6.45. The summed E-state index contributed by atoms with van der Waals surface area (Å²) in [5.74, 6) is 0.620. The zero-order chi connectivity index (χ0) is 13.0. The summed E-state index contributed by atoms with van der Waals surface area (Å²) in [4.78, 5) is 4.58. The van der Waals surface area contributed by atoms with Gasteiger partial charge in [-0.05, 0) is 30.5 Å². The van der Waals surface area contributed by atoms with Crippen LogP contribution in [0.2, 0.25) is 0 Å². The molecule has 0 aliphatic carbocycles. The lowest BCUT2D eigenvalue weighted by Gasteiger charge is -2.08. The maximum atomic E-state index is 6.02. The van der Waals surface area contributed by atoms with Gasteiger partial charge in [-0.25, -0.2) is 4.98 Å². The first-order valence-corrected chi connectivity index (χ1v) is 6.45. The molecule has 0 bridgehead atoms. The highest BCUT2D eigenvalue weighted by atomic mass is 35.5. The van der Waals surface area contributed by atoms with E-state index >= 15 is 0 Å². The fourth-order valence-corrected chi connectivity index (χ4v) is 2.02. The van der Waals surface area contributed by atoms with Crippen LogP contribution in [-0.4, -0.2) is 11.0 Å². The second-order valence-corrected chi connectivity index (χ2v) is 5.08. The largest absolute Gasteiger partial charge is 0.324 e. The summed E-state index contributed by atoms with van der Waals surface area (Å²) in [6.45, 7) is 4.37. The quantitative estimate of drug-likeness (QED) is 0.905. The summed E-state index contributed by atoms with van der Waals surface area (Å²) < 4.78 is 0. The molecule has 0 spiro atoms. The van der Waals surface area contributed by atoms with E-state index in [0.29, 0.717) is 5.92 Å². The second-order valence-electron chi connectivity index (χ2n) is 5.08. The number of nitrogens with two attached hydrogens (primary N) is 1. The second kappa shape index (κ2) is 8.96. The summed E-state index contributed by atoms with van der Waals surface area (Å²) >= 11 is 0. The summed E-state index contributed by atoms with van der Waals surface area (Å²) in [5.41, 5.74) is 8.01. The molecule has 0 aliphatic rings. The van der Waals surface area contributed by atoms with Gasteiger partial charge in [0, 0.05) is 11.4 Å². The average molecular weight is 313 g/mol. The zero-order valence-electron chi connectivity index (χ0n) is 11.8. The molecule has 0 aliphatic heterocycles. The van der Waals surface area contributed by atoms with Crippen LogP contribution in [0.3, 0.4) is 0 Å². The van der Waals surface area contributed by atoms with Gasteiger partial charge in [-0.3, -0.25) is 0 Å². The van der Waals surface area contributed by atoms with Crippen molar-refractivity contribution in [3.8, 4) is 0 Å². The summed E-state index contributed by atoms with van der Waals surface area (Å²) in [6.07, 6.45) is 5.06. The number of hydrogen-bond acceptors (Lipinski definition) is 2. The summed E-state index contributed by atoms with van der Waals surface area (Å²) in [7, 11) is 0. The molecule has 1 heterocycles. The minimum atomic E-state index is 0. The van der Waals surface area contributed by atoms with Crippen molar-refractivity contribution >= 4 is 41.8 Å². The molecule has 1 aromatic heterocycles. The molecule has 2 nitrogen and oxygen atoms in total. The third-order valence-corrected chi connectivity index (χ3v) is 2.88. The first-order chi connectivity index (χ1) is 8.65. The zero-order valence-corrected chi connectivity index (χ0v) is 13.5. The van der Waals surface area contributed by atoms with Crippen molar-refractivity contribution in [1.29, 1.82) is 0 Å². The van der Waals surface area contributed by atoms with Crippen LogP contribution in [0.1, 0.15) is 26.0 Å². The highest BCUT2D eigenvalue weighted by Crippen LogP contribution is 2.13. The van der Waals surface area contributed by atoms with Gasteiger partial charge in [0.15, 0.2) is 0 Å². The molecule has 4 heteroatoms. The number of fused-ring (bicyclic) bond motifs is 1. The smallest absolute Gasteiger partial charge is 0.0709 e. The monoisotopic (exact) mass is 312 g/mol. The fraction of sp³-hybridized carbons (Fsp3) is 0.312. The van der Waals surface area contributed by atoms with Gasteiger partial charge >= 0.3 is 0 Å². The Morgan fingerprint density at radius 3 is 2.50 bits per heavy atom. The lowest BCUT2D eigenvalue weighted by atomic mass is 10.0. The Kier molecular flexibility index (Phi) is 8.47. The van der Waals surface area contributed by atoms with Crippen molar-refractivity contribution in [3.05, 3.63) is 48.2 Å². The highest BCUT2D eigenvalue weighted by Gasteiger charge is 2.01. The highest BCUT2D eigenvalue weighted by molar-refractivity contribution is 5.85. The molecule has 0 fully saturated rings. The third-order valence-electron chi connectivity index (χ3n) is 2.88. The topological polar surface area (TPSA) is 38.9 Å². The van der Waals surface area contributed by atoms with Crippen molar-refractivity contribution < 1.29 is 0 Å². The van der Waals surface area contributed by atoms with Gasteiger partial charge in [-0.2, -0.15) is 0 Å². The van der Waals surface area contributed by atoms with Gasteiger partial charge in [0.2, 0.25) is 0 Å². The van der Waals surface area contributed by atoms with Crippen LogP contribution in [0.5, 0.6) is 0 Å². The number of para-hydroxylation sites is 1. The van der Waals surface area contributed by atoms with Crippen LogP contribution in [0.4, 0.5) is 0 Å². The number of nitrogens with zero attached hydrogens (tertiary/aromatic N) is 1. The molecule has 0 saturated carbocycles. The van der Waals surface area contributed by atoms with Crippen LogP contribution in [0.15, 0.2) is 42.5 Å². The van der Waals surface area contributed by atoms with Crippen molar-refractivity contribution in [2.45, 2.75) is 26.3 Å². The molecule has 2 N–H and O–H groups in total. The molecule has 20 heavy (non-hydrogen) atoms. The van der Waals surface area contributed by atoms with Crippen LogP contribution in [0, 0.1) is 5.92 Å². The van der Waals surface area contributed by atoms with Crippen LogP contribution in [0.25, 0.3) is 17.0 Å². The number of aromatic nitrogens is 1. The standard InChI is InChI=1S/C16H20N2.2ClH/c1-12(2)11-14(17)8-10-15-9-7-13-5-3-4-6-16(13)18-15;;/h3-10,12,14H,11,17H2,1-2H3;2*1H/b10-8+;;/t14-;;/m1../s1. The molecule has 2 rings (SSSR count). The van der Waals surface area contributed by atoms with Crippen LogP contribution < -0.4 is 5.73 Å². The molecule has 0 saturated heterocycles. The van der Waals surface area contributed by atoms with E-state index in [1.165, 1.54) is 5.39 Å². The van der Waals surface area contributed by atoms with Crippen molar-refractivity contribution in [2.24, 2.45) is 11.7 Å². The predicted molar refractivity (Wildman–Crippen MR) is 92.7 cm³/mol. The molecule has 1 atom stereocenters. The van der Waals surface area contributed by atoms with Crippen molar-refractivity contribution in [2.75, 3.05) is 0 Å². The van der Waals surface area contributed by atoms with E-state index in [4.69, 9.17) is 5.73 Å². The normalized spacial score (nSPS) is 12.2. The number of pyridine rings is 1. The molecule has 0 unspecified atom stereocenters. The fourth-order valence-electron chi connectivity index (χ4n) is 2.02. The number of rotatable bonds is 4. The maximum absolute atomic E-state index is 6.02. The number of hydrogen-bond donors (Lipinski definition) is 1. The van der Waals surface area contributed by atoms with Gasteiger partial charge in [-0.1, -0.05) is 44.2 Å². The van der Waals surface area contributed by atoms with E-state index in [9.17, 15) is 0 Å². The van der Waals surface area contributed by atoms with Crippen molar-refractivity contribution in [1.82, 2.24) is 4.98 Å². The van der Waals surface area contributed by atoms with Gasteiger partial charge in [0.1, 0.15) is 0 Å². The molecule has 0 amide bonds. The van der Waals surface area contributed by atoms with Crippen LogP contribution >= 0.6 is 24.8 Å². The molecule has 2 aromatic rings. The lowest BCUT2D eigenvalue weighted by Crippen LogP contribution is -2.18. The van der Waals surface area contributed by atoms with Gasteiger partial charge < -0.3 is 5.73 Å². The Morgan fingerprint density at radius 2 is 1.80 bits per heavy atom. The number of halogens is 2. The molecule has 0 radical (unpaired) electrons. The average Bonchev–Trinajstić information content (AvgIpc) is 2.35. The van der Waals surface area contributed by atoms with Crippen molar-refractivity contribution in [3.63, 3.8) is 0 Å².